The van der Waals surface area contributed by atoms with E-state index in [-0.39, 0.29) is 14.9 Å². The van der Waals surface area contributed by atoms with Crippen LogP contribution in [-0.4, -0.2) is 19.2 Å². The Labute approximate surface area is 155 Å². The molecule has 0 saturated heterocycles. The molecular formula is C17H15Cl2N3O2S. The molecule has 3 rings (SSSR count). The number of aromatic nitrogens is 1. The molecule has 0 amide bonds. The van der Waals surface area contributed by atoms with Gasteiger partial charge in [0.1, 0.15) is 0 Å². The molecular weight excluding hydrogens is 381 g/mol. The first-order chi connectivity index (χ1) is 11.8. The second-order valence-corrected chi connectivity index (χ2v) is 7.98. The summed E-state index contributed by atoms with van der Waals surface area (Å²) in [5, 5.41) is 5.37. The lowest BCUT2D eigenvalue weighted by Crippen LogP contribution is -2.18. The van der Waals surface area contributed by atoms with Crippen LogP contribution in [0.25, 0.3) is 10.9 Å². The molecule has 0 aliphatic heterocycles. The number of hydrazone groups is 1. The quantitative estimate of drug-likeness (QED) is 0.533. The number of aryl methyl sites for hydroxylation is 1. The molecule has 1 heterocycles. The molecule has 0 fully saturated rings. The minimum Gasteiger partial charge on any atom is -0.347 e. The van der Waals surface area contributed by atoms with Crippen molar-refractivity contribution in [1.29, 1.82) is 0 Å². The Morgan fingerprint density at radius 2 is 1.84 bits per heavy atom. The van der Waals surface area contributed by atoms with Crippen LogP contribution >= 0.6 is 23.2 Å². The van der Waals surface area contributed by atoms with Crippen molar-refractivity contribution in [2.24, 2.45) is 12.1 Å². The lowest BCUT2D eigenvalue weighted by Gasteiger charge is -2.04. The number of para-hydroxylation sites is 1. The average molecular weight is 396 g/mol. The zero-order chi connectivity index (χ0) is 18.2. The normalized spacial score (nSPS) is 12.2. The molecule has 3 aromatic rings. The van der Waals surface area contributed by atoms with Gasteiger partial charge in [0, 0.05) is 29.2 Å². The fraction of sp³-hybridized carbons (Fsp3) is 0.118. The van der Waals surface area contributed by atoms with E-state index in [2.05, 4.69) is 9.93 Å². The molecule has 25 heavy (non-hydrogen) atoms. The zero-order valence-corrected chi connectivity index (χ0v) is 15.8. The van der Waals surface area contributed by atoms with E-state index in [9.17, 15) is 8.42 Å². The van der Waals surface area contributed by atoms with Gasteiger partial charge in [-0.15, -0.1) is 0 Å². The Hall–Kier alpha value is -2.02. The van der Waals surface area contributed by atoms with Gasteiger partial charge in [0.25, 0.3) is 10.0 Å². The number of benzene rings is 2. The minimum atomic E-state index is -3.83. The fourth-order valence-electron chi connectivity index (χ4n) is 2.57. The van der Waals surface area contributed by atoms with Crippen molar-refractivity contribution in [2.75, 3.05) is 0 Å². The topological polar surface area (TPSA) is 63.5 Å². The molecule has 1 aromatic heterocycles. The van der Waals surface area contributed by atoms with Gasteiger partial charge in [-0.2, -0.15) is 13.5 Å². The Bertz CT molecular complexity index is 1090. The maximum atomic E-state index is 12.3. The van der Waals surface area contributed by atoms with Gasteiger partial charge in [0.05, 0.1) is 21.2 Å². The summed E-state index contributed by atoms with van der Waals surface area (Å²) in [6.45, 7) is 1.95. The Balaban J connectivity index is 1.91. The molecule has 0 bridgehead atoms. The van der Waals surface area contributed by atoms with Crippen LogP contribution in [0.3, 0.4) is 0 Å². The van der Waals surface area contributed by atoms with Crippen LogP contribution in [0.2, 0.25) is 10.0 Å². The molecule has 0 atom stereocenters. The molecule has 2 aromatic carbocycles. The first-order valence-electron chi connectivity index (χ1n) is 7.35. The molecule has 0 aliphatic carbocycles. The van der Waals surface area contributed by atoms with Crippen LogP contribution in [0.5, 0.6) is 0 Å². The van der Waals surface area contributed by atoms with Crippen LogP contribution in [0.1, 0.15) is 11.3 Å². The Kier molecular flexibility index (Phi) is 4.77. The van der Waals surface area contributed by atoms with Gasteiger partial charge in [-0.25, -0.2) is 4.83 Å². The number of sulfonamides is 1. The summed E-state index contributed by atoms with van der Waals surface area (Å²) in [4.78, 5) is 2.20. The molecule has 0 radical (unpaired) electrons. The summed E-state index contributed by atoms with van der Waals surface area (Å²) < 4.78 is 26.6. The summed E-state index contributed by atoms with van der Waals surface area (Å²) >= 11 is 11.7. The van der Waals surface area contributed by atoms with Gasteiger partial charge in [-0.3, -0.25) is 0 Å². The highest BCUT2D eigenvalue weighted by Gasteiger charge is 2.15. The van der Waals surface area contributed by atoms with Crippen LogP contribution in [0.15, 0.2) is 52.5 Å². The second-order valence-electron chi connectivity index (χ2n) is 5.50. The molecule has 0 aliphatic rings. The summed E-state index contributed by atoms with van der Waals surface area (Å²) in [6, 6.07) is 11.9. The number of nitrogens with one attached hydrogen (secondary N) is 1. The lowest BCUT2D eigenvalue weighted by atomic mass is 10.1. The van der Waals surface area contributed by atoms with Gasteiger partial charge in [0.2, 0.25) is 0 Å². The van der Waals surface area contributed by atoms with E-state index in [0.29, 0.717) is 0 Å². The smallest absolute Gasteiger partial charge is 0.276 e. The predicted molar refractivity (Wildman–Crippen MR) is 102 cm³/mol. The number of fused-ring (bicyclic) bond motifs is 1. The highest BCUT2D eigenvalue weighted by atomic mass is 35.5. The lowest BCUT2D eigenvalue weighted by molar-refractivity contribution is 0.584. The zero-order valence-electron chi connectivity index (χ0n) is 13.5. The van der Waals surface area contributed by atoms with Crippen molar-refractivity contribution in [2.45, 2.75) is 11.8 Å². The van der Waals surface area contributed by atoms with E-state index in [0.717, 1.165) is 22.2 Å². The van der Waals surface area contributed by atoms with Crippen molar-refractivity contribution in [3.63, 3.8) is 0 Å². The maximum Gasteiger partial charge on any atom is 0.276 e. The van der Waals surface area contributed by atoms with E-state index in [1.807, 2.05) is 42.8 Å². The van der Waals surface area contributed by atoms with Crippen LogP contribution in [-0.2, 0) is 17.1 Å². The average Bonchev–Trinajstić information content (AvgIpc) is 2.82. The van der Waals surface area contributed by atoms with Crippen molar-refractivity contribution in [3.8, 4) is 0 Å². The molecule has 1 N–H and O–H groups in total. The van der Waals surface area contributed by atoms with Crippen LogP contribution in [0.4, 0.5) is 0 Å². The monoisotopic (exact) mass is 395 g/mol. The van der Waals surface area contributed by atoms with Crippen molar-refractivity contribution in [1.82, 2.24) is 9.40 Å². The summed E-state index contributed by atoms with van der Waals surface area (Å²) in [5.41, 5.74) is 2.89. The molecule has 0 spiro atoms. The van der Waals surface area contributed by atoms with Gasteiger partial charge in [0.15, 0.2) is 0 Å². The van der Waals surface area contributed by atoms with Crippen molar-refractivity contribution < 1.29 is 8.42 Å². The van der Waals surface area contributed by atoms with Gasteiger partial charge >= 0.3 is 0 Å². The molecule has 0 unspecified atom stereocenters. The third kappa shape index (κ3) is 3.38. The second kappa shape index (κ2) is 6.71. The van der Waals surface area contributed by atoms with Crippen molar-refractivity contribution in [3.05, 3.63) is 63.8 Å². The van der Waals surface area contributed by atoms with E-state index < -0.39 is 10.0 Å². The first-order valence-corrected chi connectivity index (χ1v) is 9.59. The van der Waals surface area contributed by atoms with E-state index in [1.165, 1.54) is 24.4 Å². The molecule has 5 nitrogen and oxygen atoms in total. The summed E-state index contributed by atoms with van der Waals surface area (Å²) in [5.74, 6) is 0. The molecule has 0 saturated carbocycles. The van der Waals surface area contributed by atoms with Crippen LogP contribution in [0, 0.1) is 6.92 Å². The fourth-order valence-corrected chi connectivity index (χ4v) is 3.75. The Morgan fingerprint density at radius 3 is 2.56 bits per heavy atom. The van der Waals surface area contributed by atoms with Gasteiger partial charge in [-0.1, -0.05) is 41.4 Å². The minimum absolute atomic E-state index is 0.00584. The summed E-state index contributed by atoms with van der Waals surface area (Å²) in [6.07, 6.45) is 1.51. The number of hydrogen-bond acceptors (Lipinski definition) is 3. The highest BCUT2D eigenvalue weighted by molar-refractivity contribution is 7.89. The van der Waals surface area contributed by atoms with Gasteiger partial charge in [-0.05, 0) is 31.2 Å². The standard InChI is InChI=1S/C17H15Cl2N3O2S/c1-11-14(13-5-3-4-6-17(13)22(11)2)10-20-21-25(23,24)12-7-8-15(18)16(19)9-12/h3-10,21H,1-2H3/b20-10+. The number of halogens is 2. The first kappa shape index (κ1) is 17.8. The van der Waals surface area contributed by atoms with E-state index in [1.54, 1.807) is 0 Å². The molecule has 8 heteroatoms. The highest BCUT2D eigenvalue weighted by Crippen LogP contribution is 2.25. The Morgan fingerprint density at radius 1 is 1.12 bits per heavy atom. The van der Waals surface area contributed by atoms with E-state index >= 15 is 0 Å². The maximum absolute atomic E-state index is 12.3. The predicted octanol–water partition coefficient (Wildman–Crippen LogP) is 4.11. The van der Waals surface area contributed by atoms with E-state index in [4.69, 9.17) is 23.2 Å². The van der Waals surface area contributed by atoms with Crippen LogP contribution < -0.4 is 4.83 Å². The summed E-state index contributed by atoms with van der Waals surface area (Å²) in [7, 11) is -1.87. The largest absolute Gasteiger partial charge is 0.347 e. The number of rotatable bonds is 4. The third-order valence-corrected chi connectivity index (χ3v) is 5.98. The SMILES string of the molecule is Cc1c(/C=N/NS(=O)(=O)c2ccc(Cl)c(Cl)c2)c2ccccc2n1C. The van der Waals surface area contributed by atoms with Crippen molar-refractivity contribution >= 4 is 50.3 Å². The molecule has 130 valence electrons. The number of nitrogens with zero attached hydrogens (tertiary/aromatic N) is 2. The third-order valence-electron chi connectivity index (χ3n) is 4.02. The van der Waals surface area contributed by atoms with Gasteiger partial charge < -0.3 is 4.57 Å². The number of hydrogen-bond donors (Lipinski definition) is 1.